The molecule has 0 saturated heterocycles. The predicted octanol–water partition coefficient (Wildman–Crippen LogP) is 2.99. The van der Waals surface area contributed by atoms with Crippen LogP contribution in [0.4, 0.5) is 0 Å². The van der Waals surface area contributed by atoms with Gasteiger partial charge < -0.3 is 0 Å². The van der Waals surface area contributed by atoms with Crippen LogP contribution in [0.5, 0.6) is 0 Å². The van der Waals surface area contributed by atoms with E-state index in [9.17, 15) is 4.79 Å². The lowest BCUT2D eigenvalue weighted by atomic mass is 9.96. The molecule has 0 fully saturated rings. The number of ketones is 1. The van der Waals surface area contributed by atoms with Gasteiger partial charge in [-0.05, 0) is 12.3 Å². The van der Waals surface area contributed by atoms with Gasteiger partial charge in [-0.25, -0.2) is 0 Å². The van der Waals surface area contributed by atoms with Crippen molar-refractivity contribution in [1.29, 1.82) is 0 Å². The van der Waals surface area contributed by atoms with Gasteiger partial charge in [-0.15, -0.1) is 0 Å². The van der Waals surface area contributed by atoms with Crippen LogP contribution in [0.25, 0.3) is 0 Å². The first kappa shape index (κ1) is 12.9. The Hall–Kier alpha value is -1.12. The lowest BCUT2D eigenvalue weighted by molar-refractivity contribution is 0.0961. The average molecular weight is 222 g/mol. The minimum atomic E-state index is 0.242. The first-order chi connectivity index (χ1) is 7.58. The predicted molar refractivity (Wildman–Crippen MR) is 65.6 cm³/mol. The molecule has 1 unspecified atom stereocenters. The van der Waals surface area contributed by atoms with Gasteiger partial charge in [-0.2, -0.15) is 5.10 Å². The highest BCUT2D eigenvalue weighted by Gasteiger charge is 2.16. The van der Waals surface area contributed by atoms with E-state index in [4.69, 9.17) is 0 Å². The number of rotatable bonds is 6. The number of hydrogen-bond donors (Lipinski definition) is 0. The number of nitrogens with zero attached hydrogens (tertiary/aromatic N) is 2. The van der Waals surface area contributed by atoms with Crippen molar-refractivity contribution < 1.29 is 4.79 Å². The molecule has 0 aromatic carbocycles. The first-order valence-corrected chi connectivity index (χ1v) is 6.14. The van der Waals surface area contributed by atoms with E-state index in [1.165, 1.54) is 0 Å². The van der Waals surface area contributed by atoms with E-state index in [0.717, 1.165) is 30.5 Å². The summed E-state index contributed by atoms with van der Waals surface area (Å²) in [4.78, 5) is 12.1. The van der Waals surface area contributed by atoms with Crippen molar-refractivity contribution in [3.8, 4) is 0 Å². The minimum absolute atomic E-state index is 0.242. The van der Waals surface area contributed by atoms with Crippen molar-refractivity contribution in [3.63, 3.8) is 0 Å². The van der Waals surface area contributed by atoms with Crippen LogP contribution in [0.2, 0.25) is 0 Å². The van der Waals surface area contributed by atoms with Gasteiger partial charge in [-0.3, -0.25) is 9.48 Å². The van der Waals surface area contributed by atoms with Gasteiger partial charge in [0.05, 0.1) is 11.3 Å². The molecule has 0 amide bonds. The Labute approximate surface area is 97.8 Å². The fourth-order valence-corrected chi connectivity index (χ4v) is 2.05. The van der Waals surface area contributed by atoms with Crippen LogP contribution < -0.4 is 0 Å². The highest BCUT2D eigenvalue weighted by Crippen LogP contribution is 2.16. The monoisotopic (exact) mass is 222 g/mol. The lowest BCUT2D eigenvalue weighted by Crippen LogP contribution is -2.07. The summed E-state index contributed by atoms with van der Waals surface area (Å²) >= 11 is 0. The molecular weight excluding hydrogens is 200 g/mol. The minimum Gasteiger partial charge on any atom is -0.294 e. The third-order valence-corrected chi connectivity index (χ3v) is 2.86. The quantitative estimate of drug-likeness (QED) is 0.693. The van der Waals surface area contributed by atoms with E-state index in [0.29, 0.717) is 12.3 Å². The van der Waals surface area contributed by atoms with Crippen LogP contribution in [0.1, 0.15) is 56.1 Å². The summed E-state index contributed by atoms with van der Waals surface area (Å²) in [5.41, 5.74) is 1.74. The van der Waals surface area contributed by atoms with Crippen LogP contribution in [0, 0.1) is 5.92 Å². The SMILES string of the molecule is CCCC(C)CC(=O)c1cn(C)nc1CC. The summed E-state index contributed by atoms with van der Waals surface area (Å²) in [5.74, 6) is 0.716. The van der Waals surface area contributed by atoms with Crippen molar-refractivity contribution in [1.82, 2.24) is 9.78 Å². The zero-order valence-electron chi connectivity index (χ0n) is 10.8. The fourth-order valence-electron chi connectivity index (χ4n) is 2.05. The Morgan fingerprint density at radius 3 is 2.75 bits per heavy atom. The number of Topliss-reactive ketones (excluding diaryl/α,β-unsaturated/α-hetero) is 1. The van der Waals surface area contributed by atoms with Crippen LogP contribution in [0.15, 0.2) is 6.20 Å². The molecule has 16 heavy (non-hydrogen) atoms. The number of carbonyl (C=O) groups is 1. The Morgan fingerprint density at radius 2 is 2.19 bits per heavy atom. The van der Waals surface area contributed by atoms with Crippen LogP contribution in [0.3, 0.4) is 0 Å². The molecule has 0 aliphatic heterocycles. The molecule has 1 atom stereocenters. The van der Waals surface area contributed by atoms with Gasteiger partial charge in [0.15, 0.2) is 5.78 Å². The molecular formula is C13H22N2O. The smallest absolute Gasteiger partial charge is 0.166 e. The van der Waals surface area contributed by atoms with Gasteiger partial charge in [0.1, 0.15) is 0 Å². The maximum atomic E-state index is 12.1. The topological polar surface area (TPSA) is 34.9 Å². The standard InChI is InChI=1S/C13H22N2O/c1-5-7-10(3)8-13(16)11-9-15(4)14-12(11)6-2/h9-10H,5-8H2,1-4H3. The zero-order chi connectivity index (χ0) is 12.1. The second kappa shape index (κ2) is 5.83. The summed E-state index contributed by atoms with van der Waals surface area (Å²) in [5, 5.41) is 4.30. The molecule has 1 heterocycles. The number of hydrogen-bond acceptors (Lipinski definition) is 2. The van der Waals surface area contributed by atoms with Crippen LogP contribution in [-0.4, -0.2) is 15.6 Å². The molecule has 1 aromatic rings. The highest BCUT2D eigenvalue weighted by molar-refractivity contribution is 5.97. The normalized spacial score (nSPS) is 12.8. The molecule has 0 N–H and O–H groups in total. The van der Waals surface area contributed by atoms with Crippen LogP contribution in [-0.2, 0) is 13.5 Å². The molecule has 0 bridgehead atoms. The van der Waals surface area contributed by atoms with E-state index >= 15 is 0 Å². The first-order valence-electron chi connectivity index (χ1n) is 6.14. The van der Waals surface area contributed by atoms with E-state index in [2.05, 4.69) is 18.9 Å². The molecule has 1 aromatic heterocycles. The Balaban J connectivity index is 2.72. The number of aromatic nitrogens is 2. The second-order valence-electron chi connectivity index (χ2n) is 4.54. The van der Waals surface area contributed by atoms with Gasteiger partial charge in [-0.1, -0.05) is 33.6 Å². The van der Waals surface area contributed by atoms with E-state index in [1.807, 2.05) is 20.2 Å². The van der Waals surface area contributed by atoms with Crippen molar-refractivity contribution in [2.24, 2.45) is 13.0 Å². The molecule has 1 rings (SSSR count). The van der Waals surface area contributed by atoms with Crippen LogP contribution >= 0.6 is 0 Å². The van der Waals surface area contributed by atoms with E-state index < -0.39 is 0 Å². The van der Waals surface area contributed by atoms with Crippen molar-refractivity contribution in [3.05, 3.63) is 17.5 Å². The third kappa shape index (κ3) is 3.19. The number of aryl methyl sites for hydroxylation is 2. The molecule has 0 spiro atoms. The molecule has 0 saturated carbocycles. The molecule has 0 aliphatic carbocycles. The van der Waals surface area contributed by atoms with E-state index in [-0.39, 0.29) is 5.78 Å². The summed E-state index contributed by atoms with van der Waals surface area (Å²) in [6.07, 6.45) is 5.58. The average Bonchev–Trinajstić information content (AvgIpc) is 2.59. The highest BCUT2D eigenvalue weighted by atomic mass is 16.1. The summed E-state index contributed by atoms with van der Waals surface area (Å²) in [7, 11) is 1.87. The molecule has 0 radical (unpaired) electrons. The van der Waals surface area contributed by atoms with Gasteiger partial charge >= 0.3 is 0 Å². The van der Waals surface area contributed by atoms with Crippen molar-refractivity contribution in [2.45, 2.75) is 46.5 Å². The molecule has 0 aliphatic rings. The second-order valence-corrected chi connectivity index (χ2v) is 4.54. The fraction of sp³-hybridized carbons (Fsp3) is 0.692. The van der Waals surface area contributed by atoms with Crippen molar-refractivity contribution >= 4 is 5.78 Å². The van der Waals surface area contributed by atoms with Gasteiger partial charge in [0, 0.05) is 19.7 Å². The summed E-state index contributed by atoms with van der Waals surface area (Å²) in [6, 6.07) is 0. The largest absolute Gasteiger partial charge is 0.294 e. The lowest BCUT2D eigenvalue weighted by Gasteiger charge is -2.08. The van der Waals surface area contributed by atoms with Gasteiger partial charge in [0.25, 0.3) is 0 Å². The molecule has 3 nitrogen and oxygen atoms in total. The number of carbonyl (C=O) groups excluding carboxylic acids is 1. The Kier molecular flexibility index (Phi) is 4.71. The maximum Gasteiger partial charge on any atom is 0.166 e. The van der Waals surface area contributed by atoms with Gasteiger partial charge in [0.2, 0.25) is 0 Å². The third-order valence-electron chi connectivity index (χ3n) is 2.86. The van der Waals surface area contributed by atoms with Crippen molar-refractivity contribution in [2.75, 3.05) is 0 Å². The summed E-state index contributed by atoms with van der Waals surface area (Å²) < 4.78 is 1.73. The summed E-state index contributed by atoms with van der Waals surface area (Å²) in [6.45, 7) is 6.33. The van der Waals surface area contributed by atoms with E-state index in [1.54, 1.807) is 4.68 Å². The molecule has 90 valence electrons. The maximum absolute atomic E-state index is 12.1. The Morgan fingerprint density at radius 1 is 1.50 bits per heavy atom. The zero-order valence-corrected chi connectivity index (χ0v) is 10.8. The molecule has 3 heteroatoms. The Bertz CT molecular complexity index is 355.